The smallest absolute Gasteiger partial charge is 0.356 e. The number of rotatable bonds is 12. The van der Waals surface area contributed by atoms with E-state index in [0.717, 1.165) is 0 Å². The Balaban J connectivity index is 4.88. The van der Waals surface area contributed by atoms with Gasteiger partial charge in [0.1, 0.15) is 0 Å². The lowest BCUT2D eigenvalue weighted by molar-refractivity contribution is -0.135. The lowest BCUT2D eigenvalue weighted by Gasteiger charge is -2.21. The van der Waals surface area contributed by atoms with Crippen molar-refractivity contribution >= 4 is 13.6 Å². The van der Waals surface area contributed by atoms with E-state index in [1.54, 1.807) is 12.2 Å². The molecule has 118 valence electrons. The maximum absolute atomic E-state index is 12.7. The van der Waals surface area contributed by atoms with Crippen molar-refractivity contribution in [3.63, 3.8) is 0 Å². The Bertz CT molecular complexity index is 427. The summed E-state index contributed by atoms with van der Waals surface area (Å²) in [5.74, 6) is 3.56. The van der Waals surface area contributed by atoms with Gasteiger partial charge in [-0.3, -0.25) is 9.36 Å². The fraction of sp³-hybridized carbons (Fsp3) is 0.533. The third-order valence-electron chi connectivity index (χ3n) is 2.48. The molecule has 0 aromatic rings. The second-order valence-corrected chi connectivity index (χ2v) is 6.32. The molecule has 0 heterocycles. The van der Waals surface area contributed by atoms with Crippen LogP contribution >= 0.6 is 7.60 Å². The standard InChI is InChI=1S/C15H23O5P/c1-4-7-9-12-19-21(18,20-13-10-8-5-2)14(11-6-3)15(16)17/h4-5,14H,1-2,7-10,12-13H2,3H3,(H,16,17). The van der Waals surface area contributed by atoms with Gasteiger partial charge in [-0.05, 0) is 32.6 Å². The molecule has 0 fully saturated rings. The first-order chi connectivity index (χ1) is 10.0. The average Bonchev–Trinajstić information content (AvgIpc) is 2.45. The minimum atomic E-state index is -3.82. The molecule has 0 aliphatic rings. The summed E-state index contributed by atoms with van der Waals surface area (Å²) in [6.07, 6.45) is 5.98. The summed E-state index contributed by atoms with van der Waals surface area (Å²) >= 11 is 0. The highest BCUT2D eigenvalue weighted by Gasteiger charge is 2.40. The van der Waals surface area contributed by atoms with Crippen LogP contribution in [0.25, 0.3) is 0 Å². The number of carboxylic acid groups (broad SMARTS) is 1. The minimum absolute atomic E-state index is 0.139. The second-order valence-electron chi connectivity index (χ2n) is 4.20. The molecule has 0 saturated heterocycles. The molecule has 0 aromatic heterocycles. The third-order valence-corrected chi connectivity index (χ3v) is 4.55. The zero-order chi connectivity index (χ0) is 16.1. The number of carbonyl (C=O) groups is 1. The van der Waals surface area contributed by atoms with Crippen LogP contribution in [0.5, 0.6) is 0 Å². The normalized spacial score (nSPS) is 12.0. The molecule has 0 rings (SSSR count). The second kappa shape index (κ2) is 11.3. The van der Waals surface area contributed by atoms with Gasteiger partial charge in [-0.15, -0.1) is 19.1 Å². The van der Waals surface area contributed by atoms with Crippen LogP contribution < -0.4 is 0 Å². The van der Waals surface area contributed by atoms with Crippen LogP contribution in [-0.4, -0.2) is 29.9 Å². The molecule has 0 aliphatic carbocycles. The van der Waals surface area contributed by atoms with E-state index in [2.05, 4.69) is 25.0 Å². The highest BCUT2D eigenvalue weighted by atomic mass is 31.2. The predicted molar refractivity (Wildman–Crippen MR) is 83.2 cm³/mol. The monoisotopic (exact) mass is 314 g/mol. The Morgan fingerprint density at radius 3 is 2.05 bits per heavy atom. The number of carboxylic acids is 1. The molecule has 1 unspecified atom stereocenters. The molecule has 0 spiro atoms. The largest absolute Gasteiger partial charge is 0.480 e. The SMILES string of the molecule is C=CCCCOP(=O)(OCCCC=C)C(C#CC)C(=O)O. The van der Waals surface area contributed by atoms with E-state index in [4.69, 9.17) is 9.05 Å². The fourth-order valence-corrected chi connectivity index (χ4v) is 3.14. The molecule has 0 aliphatic heterocycles. The number of allylic oxidation sites excluding steroid dienone is 2. The molecule has 5 nitrogen and oxygen atoms in total. The molecule has 21 heavy (non-hydrogen) atoms. The number of unbranched alkanes of at least 4 members (excludes halogenated alkanes) is 2. The Morgan fingerprint density at radius 1 is 1.24 bits per heavy atom. The Kier molecular flexibility index (Phi) is 10.6. The van der Waals surface area contributed by atoms with Gasteiger partial charge in [0.15, 0.2) is 0 Å². The Labute approximate surface area is 126 Å². The maximum Gasteiger partial charge on any atom is 0.356 e. The highest BCUT2D eigenvalue weighted by molar-refractivity contribution is 7.56. The molecule has 6 heteroatoms. The third kappa shape index (κ3) is 7.87. The van der Waals surface area contributed by atoms with E-state index < -0.39 is 19.2 Å². The molecule has 0 bridgehead atoms. The number of hydrogen-bond acceptors (Lipinski definition) is 4. The van der Waals surface area contributed by atoms with Gasteiger partial charge in [-0.2, -0.15) is 0 Å². The summed E-state index contributed by atoms with van der Waals surface area (Å²) in [5.41, 5.74) is -1.46. The number of hydrogen-bond donors (Lipinski definition) is 1. The van der Waals surface area contributed by atoms with E-state index in [1.807, 2.05) is 0 Å². The van der Waals surface area contributed by atoms with Crippen LogP contribution in [-0.2, 0) is 18.4 Å². The van der Waals surface area contributed by atoms with Crippen molar-refractivity contribution in [2.24, 2.45) is 0 Å². The zero-order valence-corrected chi connectivity index (χ0v) is 13.3. The summed E-state index contributed by atoms with van der Waals surface area (Å²) in [7, 11) is -3.82. The van der Waals surface area contributed by atoms with E-state index >= 15 is 0 Å². The van der Waals surface area contributed by atoms with E-state index in [-0.39, 0.29) is 13.2 Å². The van der Waals surface area contributed by atoms with Gasteiger partial charge >= 0.3 is 13.6 Å². The summed E-state index contributed by atoms with van der Waals surface area (Å²) in [4.78, 5) is 11.2. The Hall–Kier alpha value is -1.34. The van der Waals surface area contributed by atoms with Gasteiger partial charge < -0.3 is 14.2 Å². The van der Waals surface area contributed by atoms with Gasteiger partial charge in [-0.1, -0.05) is 18.1 Å². The zero-order valence-electron chi connectivity index (χ0n) is 12.4. The van der Waals surface area contributed by atoms with Crippen molar-refractivity contribution in [3.05, 3.63) is 25.3 Å². The molecule has 0 radical (unpaired) electrons. The topological polar surface area (TPSA) is 72.8 Å². The summed E-state index contributed by atoms with van der Waals surface area (Å²) < 4.78 is 23.2. The quantitative estimate of drug-likeness (QED) is 0.258. The summed E-state index contributed by atoms with van der Waals surface area (Å²) in [6, 6.07) is 0. The van der Waals surface area contributed by atoms with Crippen molar-refractivity contribution in [1.29, 1.82) is 0 Å². The van der Waals surface area contributed by atoms with Gasteiger partial charge in [0.05, 0.1) is 13.2 Å². The van der Waals surface area contributed by atoms with Crippen molar-refractivity contribution in [2.75, 3.05) is 13.2 Å². The van der Waals surface area contributed by atoms with Crippen LogP contribution in [0, 0.1) is 11.8 Å². The first-order valence-corrected chi connectivity index (χ1v) is 8.38. The van der Waals surface area contributed by atoms with Crippen LogP contribution in [0.2, 0.25) is 0 Å². The lowest BCUT2D eigenvalue weighted by atomic mass is 10.3. The first kappa shape index (κ1) is 19.7. The molecule has 0 saturated carbocycles. The van der Waals surface area contributed by atoms with Crippen molar-refractivity contribution in [3.8, 4) is 11.8 Å². The molecule has 1 atom stereocenters. The lowest BCUT2D eigenvalue weighted by Crippen LogP contribution is -2.22. The van der Waals surface area contributed by atoms with Crippen molar-refractivity contribution in [2.45, 2.75) is 38.3 Å². The highest BCUT2D eigenvalue weighted by Crippen LogP contribution is 2.53. The van der Waals surface area contributed by atoms with Gasteiger partial charge in [0, 0.05) is 0 Å². The minimum Gasteiger partial charge on any atom is -0.480 e. The summed E-state index contributed by atoms with van der Waals surface area (Å²) in [6.45, 7) is 8.91. The molecular weight excluding hydrogens is 291 g/mol. The molecule has 0 amide bonds. The van der Waals surface area contributed by atoms with Crippen molar-refractivity contribution < 1.29 is 23.5 Å². The Morgan fingerprint density at radius 2 is 1.71 bits per heavy atom. The van der Waals surface area contributed by atoms with E-state index in [0.29, 0.717) is 25.7 Å². The first-order valence-electron chi connectivity index (χ1n) is 6.77. The van der Waals surface area contributed by atoms with Crippen molar-refractivity contribution in [1.82, 2.24) is 0 Å². The van der Waals surface area contributed by atoms with E-state index in [9.17, 15) is 14.5 Å². The van der Waals surface area contributed by atoms with Crippen LogP contribution in [0.1, 0.15) is 32.6 Å². The average molecular weight is 314 g/mol. The van der Waals surface area contributed by atoms with Gasteiger partial charge in [0.25, 0.3) is 0 Å². The predicted octanol–water partition coefficient (Wildman–Crippen LogP) is 3.62. The van der Waals surface area contributed by atoms with Gasteiger partial charge in [0.2, 0.25) is 5.66 Å². The van der Waals surface area contributed by atoms with Crippen LogP contribution in [0.15, 0.2) is 25.3 Å². The molecular formula is C15H23O5P. The molecule has 0 aromatic carbocycles. The van der Waals surface area contributed by atoms with Gasteiger partial charge in [-0.25, -0.2) is 0 Å². The number of aliphatic carboxylic acids is 1. The van der Waals surface area contributed by atoms with E-state index in [1.165, 1.54) is 6.92 Å². The van der Waals surface area contributed by atoms with Crippen LogP contribution in [0.3, 0.4) is 0 Å². The van der Waals surface area contributed by atoms with Crippen LogP contribution in [0.4, 0.5) is 0 Å². The fourth-order valence-electron chi connectivity index (χ4n) is 1.44. The summed E-state index contributed by atoms with van der Waals surface area (Å²) in [5, 5.41) is 9.18. The maximum atomic E-state index is 12.7. The molecule has 1 N–H and O–H groups in total.